The molecule has 0 unspecified atom stereocenters. The molecule has 5 nitrogen and oxygen atoms in total. The highest BCUT2D eigenvalue weighted by atomic mass is 32.1. The van der Waals surface area contributed by atoms with Crippen molar-refractivity contribution in [3.63, 3.8) is 0 Å². The van der Waals surface area contributed by atoms with Gasteiger partial charge in [-0.05, 0) is 80.1 Å². The number of carbonyl (C=O) groups excluding carboxylic acids is 1. The number of carbonyl (C=O) groups is 1. The van der Waals surface area contributed by atoms with Crippen LogP contribution in [0.3, 0.4) is 0 Å². The van der Waals surface area contributed by atoms with Crippen molar-refractivity contribution in [2.24, 2.45) is 23.2 Å². The van der Waals surface area contributed by atoms with Gasteiger partial charge in [0.2, 0.25) is 5.88 Å². The molecule has 6 rings (SSSR count). The number of fused-ring (bicyclic) bond motifs is 1. The van der Waals surface area contributed by atoms with Crippen LogP contribution in [-0.2, 0) is 4.79 Å². The lowest BCUT2D eigenvalue weighted by atomic mass is 9.48. The molecule has 0 saturated heterocycles. The van der Waals surface area contributed by atoms with Crippen LogP contribution in [0.25, 0.3) is 10.2 Å². The van der Waals surface area contributed by atoms with E-state index in [1.807, 2.05) is 11.4 Å². The number of hydrogen-bond acceptors (Lipinski definition) is 5. The minimum absolute atomic E-state index is 0.0126. The Morgan fingerprint density at radius 3 is 2.65 bits per heavy atom. The smallest absolute Gasteiger partial charge is 0.258 e. The van der Waals surface area contributed by atoms with Gasteiger partial charge in [0, 0.05) is 6.04 Å². The zero-order valence-corrected chi connectivity index (χ0v) is 15.9. The molecule has 4 fully saturated rings. The van der Waals surface area contributed by atoms with E-state index in [0.717, 1.165) is 28.0 Å². The number of nitrogens with zero attached hydrogens (tertiary/aromatic N) is 2. The summed E-state index contributed by atoms with van der Waals surface area (Å²) in [7, 11) is 0. The first-order valence-electron chi connectivity index (χ1n) is 9.72. The van der Waals surface area contributed by atoms with Crippen LogP contribution in [0, 0.1) is 23.2 Å². The fourth-order valence-corrected chi connectivity index (χ4v) is 6.88. The van der Waals surface area contributed by atoms with Crippen LogP contribution in [-0.4, -0.2) is 28.5 Å². The van der Waals surface area contributed by atoms with Gasteiger partial charge >= 0.3 is 0 Å². The summed E-state index contributed by atoms with van der Waals surface area (Å²) in [6.45, 7) is 2.21. The van der Waals surface area contributed by atoms with Crippen molar-refractivity contribution in [2.75, 3.05) is 6.61 Å². The minimum atomic E-state index is -0.0461. The second-order valence-electron chi connectivity index (χ2n) is 8.68. The molecule has 4 aliphatic carbocycles. The summed E-state index contributed by atoms with van der Waals surface area (Å²) in [5, 5.41) is 6.08. The summed E-state index contributed by atoms with van der Waals surface area (Å²) in [4.78, 5) is 21.8. The molecule has 6 heteroatoms. The molecule has 0 aliphatic heterocycles. The van der Waals surface area contributed by atoms with Gasteiger partial charge in [-0.3, -0.25) is 4.79 Å². The summed E-state index contributed by atoms with van der Waals surface area (Å²) in [6.07, 6.45) is 9.65. The molecule has 1 amide bonds. The number of thiophene rings is 1. The molecule has 138 valence electrons. The summed E-state index contributed by atoms with van der Waals surface area (Å²) >= 11 is 1.55. The molecule has 1 N–H and O–H groups in total. The zero-order chi connectivity index (χ0) is 17.7. The van der Waals surface area contributed by atoms with Crippen LogP contribution in [0.4, 0.5) is 0 Å². The van der Waals surface area contributed by atoms with Crippen molar-refractivity contribution in [1.82, 2.24) is 15.3 Å². The Labute approximate surface area is 157 Å². The van der Waals surface area contributed by atoms with E-state index in [4.69, 9.17) is 4.74 Å². The van der Waals surface area contributed by atoms with Gasteiger partial charge in [0.25, 0.3) is 5.91 Å². The van der Waals surface area contributed by atoms with Gasteiger partial charge in [-0.15, -0.1) is 11.3 Å². The molecule has 2 aromatic rings. The molecule has 2 aromatic heterocycles. The van der Waals surface area contributed by atoms with Gasteiger partial charge < -0.3 is 10.1 Å². The van der Waals surface area contributed by atoms with E-state index in [1.165, 1.54) is 44.9 Å². The van der Waals surface area contributed by atoms with Crippen LogP contribution in [0.1, 0.15) is 45.4 Å². The first-order valence-corrected chi connectivity index (χ1v) is 10.6. The number of rotatable bonds is 5. The fourth-order valence-electron chi connectivity index (χ4n) is 6.16. The molecule has 0 aromatic carbocycles. The predicted octanol–water partition coefficient (Wildman–Crippen LogP) is 3.79. The van der Waals surface area contributed by atoms with E-state index < -0.39 is 0 Å². The molecule has 4 aliphatic rings. The number of aromatic nitrogens is 2. The van der Waals surface area contributed by atoms with Crippen molar-refractivity contribution in [3.05, 3.63) is 17.8 Å². The van der Waals surface area contributed by atoms with E-state index in [-0.39, 0.29) is 18.6 Å². The summed E-state index contributed by atoms with van der Waals surface area (Å²) in [5.41, 5.74) is 0.319. The average Bonchev–Trinajstić information content (AvgIpc) is 3.08. The average molecular weight is 372 g/mol. The number of hydrogen-bond donors (Lipinski definition) is 1. The third-order valence-electron chi connectivity index (χ3n) is 6.95. The second-order valence-corrected chi connectivity index (χ2v) is 9.57. The molecular formula is C20H25N3O2S. The molecule has 26 heavy (non-hydrogen) atoms. The number of nitrogens with one attached hydrogen (secondary N) is 1. The first kappa shape index (κ1) is 16.5. The lowest BCUT2D eigenvalue weighted by molar-refractivity contribution is -0.127. The number of ether oxygens (including phenoxy) is 1. The quantitative estimate of drug-likeness (QED) is 0.868. The van der Waals surface area contributed by atoms with Crippen molar-refractivity contribution in [1.29, 1.82) is 0 Å². The molecule has 0 radical (unpaired) electrons. The zero-order valence-electron chi connectivity index (χ0n) is 15.1. The van der Waals surface area contributed by atoms with Gasteiger partial charge in [-0.1, -0.05) is 0 Å². The maximum Gasteiger partial charge on any atom is 0.258 e. The first-order chi connectivity index (χ1) is 12.6. The van der Waals surface area contributed by atoms with Crippen LogP contribution < -0.4 is 10.1 Å². The normalized spacial score (nSPS) is 33.3. The van der Waals surface area contributed by atoms with Crippen LogP contribution in [0.5, 0.6) is 5.88 Å². The highest BCUT2D eigenvalue weighted by Crippen LogP contribution is 2.61. The highest BCUT2D eigenvalue weighted by Gasteiger charge is 2.53. The van der Waals surface area contributed by atoms with Gasteiger partial charge in [0.1, 0.15) is 11.2 Å². The van der Waals surface area contributed by atoms with Crippen molar-refractivity contribution in [3.8, 4) is 5.88 Å². The maximum atomic E-state index is 12.5. The van der Waals surface area contributed by atoms with Crippen molar-refractivity contribution in [2.45, 2.75) is 51.5 Å². The topological polar surface area (TPSA) is 64.1 Å². The Hall–Kier alpha value is -1.69. The van der Waals surface area contributed by atoms with Gasteiger partial charge in [-0.25, -0.2) is 9.97 Å². The minimum Gasteiger partial charge on any atom is -0.467 e. The number of amides is 1. The Balaban J connectivity index is 1.22. The Morgan fingerprint density at radius 2 is 1.96 bits per heavy atom. The van der Waals surface area contributed by atoms with Gasteiger partial charge in [0.15, 0.2) is 6.61 Å². The van der Waals surface area contributed by atoms with Crippen LogP contribution in [0.2, 0.25) is 0 Å². The maximum absolute atomic E-state index is 12.5. The molecule has 0 spiro atoms. The Morgan fingerprint density at radius 1 is 1.27 bits per heavy atom. The monoisotopic (exact) mass is 371 g/mol. The molecule has 2 heterocycles. The van der Waals surface area contributed by atoms with E-state index in [1.54, 1.807) is 11.3 Å². The lowest BCUT2D eigenvalue weighted by Crippen LogP contribution is -2.56. The third-order valence-corrected chi connectivity index (χ3v) is 7.77. The van der Waals surface area contributed by atoms with Gasteiger partial charge in [-0.2, -0.15) is 0 Å². The van der Waals surface area contributed by atoms with E-state index in [0.29, 0.717) is 11.3 Å². The van der Waals surface area contributed by atoms with Crippen LogP contribution >= 0.6 is 11.3 Å². The van der Waals surface area contributed by atoms with Crippen LogP contribution in [0.15, 0.2) is 17.8 Å². The SMILES string of the molecule is C[C@@H](NC(=O)COc1ncnc2sccc12)C12CC3CC(CC(C3)C1)C2. The predicted molar refractivity (Wildman–Crippen MR) is 101 cm³/mol. The molecule has 4 saturated carbocycles. The van der Waals surface area contributed by atoms with E-state index in [9.17, 15) is 4.79 Å². The van der Waals surface area contributed by atoms with Crippen molar-refractivity contribution >= 4 is 27.5 Å². The van der Waals surface area contributed by atoms with Crippen molar-refractivity contribution < 1.29 is 9.53 Å². The molecule has 4 bridgehead atoms. The standard InChI is InChI=1S/C20H25N3O2S/c1-12(20-7-13-4-14(8-20)6-15(5-13)9-20)23-17(24)10-25-18-16-2-3-26-19(16)22-11-21-18/h2-3,11-15H,4-10H2,1H3,(H,23,24)/t12-,13?,14?,15?,20?/m1/s1. The Bertz CT molecular complexity index is 798. The van der Waals surface area contributed by atoms with Gasteiger partial charge in [0.05, 0.1) is 5.39 Å². The Kier molecular flexibility index (Phi) is 3.92. The van der Waals surface area contributed by atoms with E-state index >= 15 is 0 Å². The molecular weight excluding hydrogens is 346 g/mol. The lowest BCUT2D eigenvalue weighted by Gasteiger charge is -2.59. The summed E-state index contributed by atoms with van der Waals surface area (Å²) in [6, 6.07) is 2.16. The highest BCUT2D eigenvalue weighted by molar-refractivity contribution is 7.16. The van der Waals surface area contributed by atoms with E-state index in [2.05, 4.69) is 22.2 Å². The summed E-state index contributed by atoms with van der Waals surface area (Å²) < 4.78 is 5.70. The largest absolute Gasteiger partial charge is 0.467 e. The third kappa shape index (κ3) is 2.79. The fraction of sp³-hybridized carbons (Fsp3) is 0.650. The summed E-state index contributed by atoms with van der Waals surface area (Å²) in [5.74, 6) is 3.13. The molecule has 1 atom stereocenters. The second kappa shape index (κ2) is 6.19.